The molecule has 2 unspecified atom stereocenters. The highest BCUT2D eigenvalue weighted by molar-refractivity contribution is 7.10. The average molecular weight is 280 g/mol. The summed E-state index contributed by atoms with van der Waals surface area (Å²) in [6, 6.07) is 3.43. The van der Waals surface area contributed by atoms with Crippen LogP contribution in [0.4, 0.5) is 0 Å². The molecular formula is C15H24N2OS. The Morgan fingerprint density at radius 3 is 3.05 bits per heavy atom. The number of rotatable bonds is 4. The molecule has 4 heteroatoms. The summed E-state index contributed by atoms with van der Waals surface area (Å²) in [5.74, 6) is 0.889. The first-order chi connectivity index (χ1) is 9.22. The van der Waals surface area contributed by atoms with E-state index in [9.17, 15) is 4.79 Å². The van der Waals surface area contributed by atoms with E-state index in [2.05, 4.69) is 6.92 Å². The van der Waals surface area contributed by atoms with E-state index in [1.54, 1.807) is 11.3 Å². The number of carbonyl (C=O) groups is 1. The second-order valence-electron chi connectivity index (χ2n) is 5.40. The van der Waals surface area contributed by atoms with Gasteiger partial charge in [-0.3, -0.25) is 4.79 Å². The lowest BCUT2D eigenvalue weighted by Crippen LogP contribution is -2.38. The Hall–Kier alpha value is -0.870. The standard InChI is InChI=1S/C15H24N2OS/c1-2-5-12-6-3-9-17(10-8-12)15(18)14(16)13-7-4-11-19-13/h4,7,11-12,14H,2-3,5-6,8-10,16H2,1H3. The fourth-order valence-electron chi connectivity index (χ4n) is 2.87. The lowest BCUT2D eigenvalue weighted by Gasteiger charge is -2.23. The minimum absolute atomic E-state index is 0.0969. The van der Waals surface area contributed by atoms with E-state index in [0.29, 0.717) is 0 Å². The van der Waals surface area contributed by atoms with E-state index in [0.717, 1.165) is 36.7 Å². The van der Waals surface area contributed by atoms with Gasteiger partial charge >= 0.3 is 0 Å². The minimum atomic E-state index is -0.470. The van der Waals surface area contributed by atoms with Crippen LogP contribution in [0.1, 0.15) is 49.9 Å². The second kappa shape index (κ2) is 7.06. The maximum absolute atomic E-state index is 12.4. The van der Waals surface area contributed by atoms with Crippen molar-refractivity contribution in [3.05, 3.63) is 22.4 Å². The Morgan fingerprint density at radius 2 is 2.37 bits per heavy atom. The second-order valence-corrected chi connectivity index (χ2v) is 6.38. The third-order valence-corrected chi connectivity index (χ3v) is 4.93. The van der Waals surface area contributed by atoms with Crippen LogP contribution in [0.15, 0.2) is 17.5 Å². The molecule has 0 radical (unpaired) electrons. The van der Waals surface area contributed by atoms with Gasteiger partial charge in [0.2, 0.25) is 5.91 Å². The number of carbonyl (C=O) groups excluding carboxylic acids is 1. The summed E-state index contributed by atoms with van der Waals surface area (Å²) in [6.07, 6.45) is 6.04. The molecule has 1 aromatic heterocycles. The Labute approximate surface area is 119 Å². The summed E-state index contributed by atoms with van der Waals surface area (Å²) in [5.41, 5.74) is 6.08. The van der Waals surface area contributed by atoms with E-state index in [1.165, 1.54) is 19.3 Å². The normalized spacial score (nSPS) is 22.0. The smallest absolute Gasteiger partial charge is 0.244 e. The molecule has 0 aromatic carbocycles. The third-order valence-electron chi connectivity index (χ3n) is 3.97. The molecule has 2 heterocycles. The van der Waals surface area contributed by atoms with Crippen LogP contribution >= 0.6 is 11.3 Å². The summed E-state index contributed by atoms with van der Waals surface area (Å²) in [6.45, 7) is 3.99. The van der Waals surface area contributed by atoms with E-state index in [4.69, 9.17) is 5.73 Å². The zero-order valence-corrected chi connectivity index (χ0v) is 12.5. The predicted octanol–water partition coefficient (Wildman–Crippen LogP) is 3.18. The van der Waals surface area contributed by atoms with Crippen molar-refractivity contribution in [1.82, 2.24) is 4.90 Å². The van der Waals surface area contributed by atoms with Gasteiger partial charge in [0.1, 0.15) is 6.04 Å². The zero-order valence-electron chi connectivity index (χ0n) is 11.7. The summed E-state index contributed by atoms with van der Waals surface area (Å²) in [7, 11) is 0. The maximum atomic E-state index is 12.4. The van der Waals surface area contributed by atoms with Gasteiger partial charge in [-0.05, 0) is 36.6 Å². The maximum Gasteiger partial charge on any atom is 0.244 e. The average Bonchev–Trinajstić information content (AvgIpc) is 2.85. The summed E-state index contributed by atoms with van der Waals surface area (Å²) >= 11 is 1.56. The quantitative estimate of drug-likeness (QED) is 0.920. The van der Waals surface area contributed by atoms with Gasteiger partial charge in [0.05, 0.1) is 0 Å². The molecule has 1 amide bonds. The SMILES string of the molecule is CCCC1CCCN(C(=O)C(N)c2cccs2)CC1. The number of hydrogen-bond donors (Lipinski definition) is 1. The van der Waals surface area contributed by atoms with Gasteiger partial charge in [0, 0.05) is 18.0 Å². The first-order valence-electron chi connectivity index (χ1n) is 7.30. The van der Waals surface area contributed by atoms with Crippen molar-refractivity contribution < 1.29 is 4.79 Å². The molecule has 19 heavy (non-hydrogen) atoms. The number of nitrogens with two attached hydrogens (primary N) is 1. The summed E-state index contributed by atoms with van der Waals surface area (Å²) < 4.78 is 0. The summed E-state index contributed by atoms with van der Waals surface area (Å²) in [4.78, 5) is 15.4. The van der Waals surface area contributed by atoms with Crippen molar-refractivity contribution in [3.63, 3.8) is 0 Å². The lowest BCUT2D eigenvalue weighted by atomic mass is 9.96. The molecule has 0 bridgehead atoms. The van der Waals surface area contributed by atoms with Gasteiger partial charge in [-0.25, -0.2) is 0 Å². The Kier molecular flexibility index (Phi) is 5.40. The van der Waals surface area contributed by atoms with Crippen molar-refractivity contribution in [2.24, 2.45) is 11.7 Å². The number of hydrogen-bond acceptors (Lipinski definition) is 3. The highest BCUT2D eigenvalue weighted by Gasteiger charge is 2.25. The molecule has 106 valence electrons. The van der Waals surface area contributed by atoms with Gasteiger partial charge in [-0.2, -0.15) is 0 Å². The Morgan fingerprint density at radius 1 is 1.53 bits per heavy atom. The summed E-state index contributed by atoms with van der Waals surface area (Å²) in [5, 5.41) is 1.97. The topological polar surface area (TPSA) is 46.3 Å². The number of thiophene rings is 1. The molecule has 1 aliphatic heterocycles. The molecule has 1 saturated heterocycles. The van der Waals surface area contributed by atoms with Crippen molar-refractivity contribution >= 4 is 17.2 Å². The van der Waals surface area contributed by atoms with Gasteiger partial charge in [-0.15, -0.1) is 11.3 Å². The van der Waals surface area contributed by atoms with E-state index in [-0.39, 0.29) is 5.91 Å². The van der Waals surface area contributed by atoms with Crippen molar-refractivity contribution in [1.29, 1.82) is 0 Å². The number of likely N-dealkylation sites (tertiary alicyclic amines) is 1. The molecule has 0 saturated carbocycles. The molecule has 0 spiro atoms. The van der Waals surface area contributed by atoms with Crippen LogP contribution in [-0.4, -0.2) is 23.9 Å². The minimum Gasteiger partial charge on any atom is -0.341 e. The highest BCUT2D eigenvalue weighted by Crippen LogP contribution is 2.24. The van der Waals surface area contributed by atoms with Crippen LogP contribution in [0.3, 0.4) is 0 Å². The Bertz CT molecular complexity index is 391. The molecule has 1 fully saturated rings. The van der Waals surface area contributed by atoms with E-state index in [1.807, 2.05) is 22.4 Å². The van der Waals surface area contributed by atoms with Crippen molar-refractivity contribution in [2.75, 3.05) is 13.1 Å². The van der Waals surface area contributed by atoms with Gasteiger partial charge in [0.15, 0.2) is 0 Å². The van der Waals surface area contributed by atoms with Crippen LogP contribution < -0.4 is 5.73 Å². The van der Waals surface area contributed by atoms with Gasteiger partial charge < -0.3 is 10.6 Å². The van der Waals surface area contributed by atoms with Crippen molar-refractivity contribution in [3.8, 4) is 0 Å². The predicted molar refractivity (Wildman–Crippen MR) is 80.1 cm³/mol. The van der Waals surface area contributed by atoms with Crippen LogP contribution in [0.25, 0.3) is 0 Å². The largest absolute Gasteiger partial charge is 0.341 e. The van der Waals surface area contributed by atoms with Gasteiger partial charge in [-0.1, -0.05) is 25.8 Å². The van der Waals surface area contributed by atoms with Crippen LogP contribution in [0, 0.1) is 5.92 Å². The van der Waals surface area contributed by atoms with Crippen LogP contribution in [0.2, 0.25) is 0 Å². The fourth-order valence-corrected chi connectivity index (χ4v) is 3.59. The molecule has 3 nitrogen and oxygen atoms in total. The Balaban J connectivity index is 1.92. The van der Waals surface area contributed by atoms with Crippen LogP contribution in [-0.2, 0) is 4.79 Å². The fraction of sp³-hybridized carbons (Fsp3) is 0.667. The molecule has 2 rings (SSSR count). The molecule has 1 aromatic rings. The molecule has 0 aliphatic carbocycles. The monoisotopic (exact) mass is 280 g/mol. The molecule has 2 N–H and O–H groups in total. The molecule has 1 aliphatic rings. The molecular weight excluding hydrogens is 256 g/mol. The third kappa shape index (κ3) is 3.80. The van der Waals surface area contributed by atoms with Crippen molar-refractivity contribution in [2.45, 2.75) is 45.1 Å². The zero-order chi connectivity index (χ0) is 13.7. The highest BCUT2D eigenvalue weighted by atomic mass is 32.1. The van der Waals surface area contributed by atoms with Crippen LogP contribution in [0.5, 0.6) is 0 Å². The lowest BCUT2D eigenvalue weighted by molar-refractivity contribution is -0.132. The van der Waals surface area contributed by atoms with E-state index >= 15 is 0 Å². The molecule has 2 atom stereocenters. The first kappa shape index (κ1) is 14.5. The number of amides is 1. The number of nitrogens with zero attached hydrogens (tertiary/aromatic N) is 1. The van der Waals surface area contributed by atoms with E-state index < -0.39 is 6.04 Å². The van der Waals surface area contributed by atoms with Gasteiger partial charge in [0.25, 0.3) is 0 Å². The first-order valence-corrected chi connectivity index (χ1v) is 8.18.